The summed E-state index contributed by atoms with van der Waals surface area (Å²) in [5.74, 6) is 0.923. The number of carbonyl (C=O) groups excluding carboxylic acids is 1. The Bertz CT molecular complexity index is 612. The Hall–Kier alpha value is -0.880. The molecule has 23 heavy (non-hydrogen) atoms. The number of benzene rings is 1. The van der Waals surface area contributed by atoms with Crippen LogP contribution in [-0.4, -0.2) is 35.9 Å². The number of nitrogens with zero attached hydrogens (tertiary/aromatic N) is 2. The molecule has 3 rings (SSSR count). The summed E-state index contributed by atoms with van der Waals surface area (Å²) in [6.45, 7) is 3.42. The fraction of sp³-hybridized carbons (Fsp3) is 0.500. The zero-order valence-electron chi connectivity index (χ0n) is 13.3. The molecular weight excluding hydrogens is 353 g/mol. The molecule has 1 saturated carbocycles. The molecule has 1 aliphatic rings. The lowest BCUT2D eigenvalue weighted by Gasteiger charge is -2.23. The third-order valence-corrected chi connectivity index (χ3v) is 5.25. The first-order chi connectivity index (χ1) is 10.1. The van der Waals surface area contributed by atoms with Crippen LogP contribution < -0.4 is 5.32 Å². The van der Waals surface area contributed by atoms with Gasteiger partial charge < -0.3 is 10.2 Å². The summed E-state index contributed by atoms with van der Waals surface area (Å²) in [5, 5.41) is 4.25. The molecule has 0 spiro atoms. The van der Waals surface area contributed by atoms with Crippen LogP contribution in [0.5, 0.6) is 0 Å². The van der Waals surface area contributed by atoms with E-state index in [2.05, 4.69) is 16.4 Å². The summed E-state index contributed by atoms with van der Waals surface area (Å²) in [4.78, 5) is 18.6. The second kappa shape index (κ2) is 8.83. The van der Waals surface area contributed by atoms with Crippen molar-refractivity contribution >= 4 is 52.3 Å². The van der Waals surface area contributed by atoms with Gasteiger partial charge in [-0.15, -0.1) is 36.2 Å². The Morgan fingerprint density at radius 2 is 2.09 bits per heavy atom. The minimum absolute atomic E-state index is 0. The van der Waals surface area contributed by atoms with Gasteiger partial charge in [-0.25, -0.2) is 4.98 Å². The largest absolute Gasteiger partial charge is 0.335 e. The van der Waals surface area contributed by atoms with Gasteiger partial charge in [0.1, 0.15) is 5.01 Å². The number of carbonyl (C=O) groups is 1. The smallest absolute Gasteiger partial charge is 0.236 e. The van der Waals surface area contributed by atoms with Gasteiger partial charge in [0.15, 0.2) is 0 Å². The molecule has 0 radical (unpaired) electrons. The molecule has 0 aliphatic heterocycles. The van der Waals surface area contributed by atoms with Gasteiger partial charge in [0.05, 0.1) is 22.8 Å². The molecular formula is C16H23Cl2N3OS. The standard InChI is InChI=1S/C16H21N3OS.2ClH/c1-11(16-18-13-5-3-4-6-14(13)21-16)19(2)15(20)10-17-9-12-7-8-12;;/h3-6,11-12,17H,7-10H2,1-2H3;2*1H. The van der Waals surface area contributed by atoms with Crippen molar-refractivity contribution in [3.63, 3.8) is 0 Å². The summed E-state index contributed by atoms with van der Waals surface area (Å²) in [6, 6.07) is 8.11. The van der Waals surface area contributed by atoms with Crippen LogP contribution in [0, 0.1) is 5.92 Å². The van der Waals surface area contributed by atoms with Gasteiger partial charge in [0, 0.05) is 7.05 Å². The highest BCUT2D eigenvalue weighted by Gasteiger charge is 2.23. The number of nitrogens with one attached hydrogen (secondary N) is 1. The zero-order chi connectivity index (χ0) is 14.8. The number of halogens is 2. The maximum absolute atomic E-state index is 12.2. The summed E-state index contributed by atoms with van der Waals surface area (Å²) < 4.78 is 1.17. The highest BCUT2D eigenvalue weighted by Crippen LogP contribution is 2.29. The van der Waals surface area contributed by atoms with Crippen LogP contribution in [0.1, 0.15) is 30.8 Å². The molecule has 1 aromatic heterocycles. The van der Waals surface area contributed by atoms with Crippen molar-refractivity contribution in [2.45, 2.75) is 25.8 Å². The van der Waals surface area contributed by atoms with Gasteiger partial charge in [-0.1, -0.05) is 12.1 Å². The van der Waals surface area contributed by atoms with E-state index in [0.717, 1.165) is 23.0 Å². The first kappa shape index (κ1) is 20.2. The lowest BCUT2D eigenvalue weighted by atomic mass is 10.3. The van der Waals surface area contributed by atoms with Crippen LogP contribution in [0.3, 0.4) is 0 Å². The van der Waals surface area contributed by atoms with E-state index in [1.165, 1.54) is 17.5 Å². The molecule has 1 aromatic carbocycles. The average molecular weight is 376 g/mol. The molecule has 128 valence electrons. The second-order valence-corrected chi connectivity index (χ2v) is 6.84. The van der Waals surface area contributed by atoms with Crippen molar-refractivity contribution in [3.05, 3.63) is 29.3 Å². The fourth-order valence-corrected chi connectivity index (χ4v) is 3.34. The Morgan fingerprint density at radius 1 is 1.39 bits per heavy atom. The maximum atomic E-state index is 12.2. The molecule has 1 amide bonds. The molecule has 1 heterocycles. The van der Waals surface area contributed by atoms with Gasteiger partial charge in [-0.05, 0) is 44.4 Å². The molecule has 1 fully saturated rings. The summed E-state index contributed by atoms with van der Waals surface area (Å²) in [7, 11) is 1.86. The Balaban J connectivity index is 0.00000132. The molecule has 1 aliphatic carbocycles. The molecule has 1 unspecified atom stereocenters. The van der Waals surface area contributed by atoms with Crippen molar-refractivity contribution in [1.29, 1.82) is 0 Å². The number of hydrogen-bond donors (Lipinski definition) is 1. The van der Waals surface area contributed by atoms with Crippen LogP contribution in [0.4, 0.5) is 0 Å². The van der Waals surface area contributed by atoms with Gasteiger partial charge in [-0.3, -0.25) is 4.79 Å². The van der Waals surface area contributed by atoms with Crippen molar-refractivity contribution in [3.8, 4) is 0 Å². The van der Waals surface area contributed by atoms with Gasteiger partial charge in [-0.2, -0.15) is 0 Å². The van der Waals surface area contributed by atoms with Crippen molar-refractivity contribution in [2.24, 2.45) is 5.92 Å². The minimum Gasteiger partial charge on any atom is -0.335 e. The normalized spacial score (nSPS) is 14.7. The first-order valence-electron chi connectivity index (χ1n) is 7.47. The van der Waals surface area contributed by atoms with Crippen LogP contribution in [0.2, 0.25) is 0 Å². The molecule has 1 atom stereocenters. The molecule has 2 aromatic rings. The lowest BCUT2D eigenvalue weighted by molar-refractivity contribution is -0.130. The van der Waals surface area contributed by atoms with E-state index in [1.54, 1.807) is 16.2 Å². The highest BCUT2D eigenvalue weighted by molar-refractivity contribution is 7.18. The van der Waals surface area contributed by atoms with E-state index >= 15 is 0 Å². The number of amides is 1. The summed E-state index contributed by atoms with van der Waals surface area (Å²) >= 11 is 1.66. The number of hydrogen-bond acceptors (Lipinski definition) is 4. The van der Waals surface area contributed by atoms with Crippen LogP contribution >= 0.6 is 36.2 Å². The third-order valence-electron chi connectivity index (χ3n) is 4.05. The highest BCUT2D eigenvalue weighted by atomic mass is 35.5. The average Bonchev–Trinajstić information content (AvgIpc) is 3.21. The van der Waals surface area contributed by atoms with E-state index < -0.39 is 0 Å². The number of fused-ring (bicyclic) bond motifs is 1. The monoisotopic (exact) mass is 375 g/mol. The molecule has 0 saturated heterocycles. The van der Waals surface area contributed by atoms with Crippen LogP contribution in [0.25, 0.3) is 10.2 Å². The zero-order valence-corrected chi connectivity index (χ0v) is 15.8. The number of rotatable bonds is 6. The van der Waals surface area contributed by atoms with Crippen molar-refractivity contribution in [2.75, 3.05) is 20.1 Å². The Labute approximate surface area is 153 Å². The topological polar surface area (TPSA) is 45.2 Å². The number of likely N-dealkylation sites (N-methyl/N-ethyl adjacent to an activating group) is 1. The van der Waals surface area contributed by atoms with Crippen molar-refractivity contribution < 1.29 is 4.79 Å². The molecule has 0 bridgehead atoms. The predicted octanol–water partition coefficient (Wildman–Crippen LogP) is 3.66. The fourth-order valence-electron chi connectivity index (χ4n) is 2.28. The van der Waals surface area contributed by atoms with E-state index in [-0.39, 0.29) is 36.8 Å². The first-order valence-corrected chi connectivity index (χ1v) is 8.28. The lowest BCUT2D eigenvalue weighted by Crippen LogP contribution is -2.37. The summed E-state index contributed by atoms with van der Waals surface area (Å²) in [6.07, 6.45) is 2.61. The van der Waals surface area contributed by atoms with E-state index in [0.29, 0.717) is 6.54 Å². The summed E-state index contributed by atoms with van der Waals surface area (Å²) in [5.41, 5.74) is 1.01. The van der Waals surface area contributed by atoms with Crippen LogP contribution in [0.15, 0.2) is 24.3 Å². The van der Waals surface area contributed by atoms with Gasteiger partial charge >= 0.3 is 0 Å². The Kier molecular flexibility index (Phi) is 7.74. The second-order valence-electron chi connectivity index (χ2n) is 5.77. The molecule has 1 N–H and O–H groups in total. The minimum atomic E-state index is 0. The van der Waals surface area contributed by atoms with Gasteiger partial charge in [0.2, 0.25) is 5.91 Å². The van der Waals surface area contributed by atoms with Crippen molar-refractivity contribution in [1.82, 2.24) is 15.2 Å². The van der Waals surface area contributed by atoms with E-state index in [9.17, 15) is 4.79 Å². The van der Waals surface area contributed by atoms with Gasteiger partial charge in [0.25, 0.3) is 0 Å². The quantitative estimate of drug-likeness (QED) is 0.837. The molecule has 4 nitrogen and oxygen atoms in total. The van der Waals surface area contributed by atoms with Crippen LogP contribution in [-0.2, 0) is 4.79 Å². The Morgan fingerprint density at radius 3 is 2.74 bits per heavy atom. The number of thiazole rings is 1. The SMILES string of the molecule is CC(c1nc2ccccc2s1)N(C)C(=O)CNCC1CC1.Cl.Cl. The van der Waals surface area contributed by atoms with E-state index in [4.69, 9.17) is 0 Å². The number of aromatic nitrogens is 1. The molecule has 7 heteroatoms. The predicted molar refractivity (Wildman–Crippen MR) is 101 cm³/mol. The van der Waals surface area contributed by atoms with E-state index in [1.807, 2.05) is 32.2 Å². The third kappa shape index (κ3) is 5.05. The maximum Gasteiger partial charge on any atom is 0.236 e. The number of para-hydroxylation sites is 1.